The molecule has 0 saturated carbocycles. The zero-order chi connectivity index (χ0) is 13.0. The van der Waals surface area contributed by atoms with Crippen molar-refractivity contribution in [3.63, 3.8) is 0 Å². The molecular weight excluding hydrogens is 234 g/mol. The minimum Gasteiger partial charge on any atom is -0.494 e. The fourth-order valence-corrected chi connectivity index (χ4v) is 1.48. The highest BCUT2D eigenvalue weighted by atomic mass is 16.5. The number of aliphatic hydroxyl groups excluding tert-OH is 1. The molecule has 0 radical (unpaired) electrons. The minimum absolute atomic E-state index is 0.0423. The van der Waals surface area contributed by atoms with Crippen molar-refractivity contribution in [1.82, 2.24) is 10.1 Å². The van der Waals surface area contributed by atoms with Gasteiger partial charge in [-0.25, -0.2) is 0 Å². The zero-order valence-electron chi connectivity index (χ0n) is 10.0. The van der Waals surface area contributed by atoms with Gasteiger partial charge in [-0.1, -0.05) is 17.3 Å². The SMILES string of the molecule is CCOc1cccc(-c2noc(C(O)CN)n2)c1. The average molecular weight is 249 g/mol. The molecule has 2 aromatic rings. The molecule has 0 aliphatic carbocycles. The topological polar surface area (TPSA) is 94.4 Å². The van der Waals surface area contributed by atoms with Crippen LogP contribution in [0.2, 0.25) is 0 Å². The van der Waals surface area contributed by atoms with Crippen LogP contribution in [0.1, 0.15) is 18.9 Å². The summed E-state index contributed by atoms with van der Waals surface area (Å²) in [4.78, 5) is 4.09. The minimum atomic E-state index is -0.929. The summed E-state index contributed by atoms with van der Waals surface area (Å²) >= 11 is 0. The van der Waals surface area contributed by atoms with E-state index in [-0.39, 0.29) is 12.4 Å². The summed E-state index contributed by atoms with van der Waals surface area (Å²) in [7, 11) is 0. The van der Waals surface area contributed by atoms with Crippen LogP contribution in [0.4, 0.5) is 0 Å². The van der Waals surface area contributed by atoms with Crippen molar-refractivity contribution in [3.8, 4) is 17.1 Å². The van der Waals surface area contributed by atoms with Gasteiger partial charge in [0.1, 0.15) is 11.9 Å². The van der Waals surface area contributed by atoms with E-state index in [1.807, 2.05) is 31.2 Å². The molecule has 0 aliphatic heterocycles. The molecule has 1 heterocycles. The largest absolute Gasteiger partial charge is 0.494 e. The Kier molecular flexibility index (Phi) is 3.91. The Balaban J connectivity index is 2.25. The molecule has 0 bridgehead atoms. The van der Waals surface area contributed by atoms with Gasteiger partial charge in [0.2, 0.25) is 5.82 Å². The normalized spacial score (nSPS) is 12.4. The number of nitrogens with zero attached hydrogens (tertiary/aromatic N) is 2. The third-order valence-corrected chi connectivity index (χ3v) is 2.35. The molecule has 1 aromatic carbocycles. The van der Waals surface area contributed by atoms with Crippen LogP contribution in [0.25, 0.3) is 11.4 Å². The molecular formula is C12H15N3O3. The summed E-state index contributed by atoms with van der Waals surface area (Å²) in [5, 5.41) is 13.3. The monoisotopic (exact) mass is 249 g/mol. The fourth-order valence-electron chi connectivity index (χ4n) is 1.48. The van der Waals surface area contributed by atoms with Gasteiger partial charge in [-0.15, -0.1) is 0 Å². The van der Waals surface area contributed by atoms with Gasteiger partial charge in [0.25, 0.3) is 5.89 Å². The van der Waals surface area contributed by atoms with E-state index < -0.39 is 6.10 Å². The van der Waals surface area contributed by atoms with E-state index in [1.165, 1.54) is 0 Å². The lowest BCUT2D eigenvalue weighted by atomic mass is 10.2. The van der Waals surface area contributed by atoms with Crippen molar-refractivity contribution in [1.29, 1.82) is 0 Å². The summed E-state index contributed by atoms with van der Waals surface area (Å²) in [6, 6.07) is 7.34. The van der Waals surface area contributed by atoms with E-state index in [9.17, 15) is 5.11 Å². The van der Waals surface area contributed by atoms with Gasteiger partial charge in [0.05, 0.1) is 6.61 Å². The second-order valence-electron chi connectivity index (χ2n) is 3.67. The molecule has 0 spiro atoms. The molecule has 0 saturated heterocycles. The first-order chi connectivity index (χ1) is 8.74. The second-order valence-corrected chi connectivity index (χ2v) is 3.67. The number of hydrogen-bond acceptors (Lipinski definition) is 6. The molecule has 1 atom stereocenters. The highest BCUT2D eigenvalue weighted by Gasteiger charge is 2.15. The second kappa shape index (κ2) is 5.61. The van der Waals surface area contributed by atoms with Crippen molar-refractivity contribution in [2.45, 2.75) is 13.0 Å². The van der Waals surface area contributed by atoms with Crippen LogP contribution in [-0.4, -0.2) is 28.4 Å². The number of hydrogen-bond donors (Lipinski definition) is 2. The average Bonchev–Trinajstić information content (AvgIpc) is 2.88. The van der Waals surface area contributed by atoms with Crippen molar-refractivity contribution in [2.24, 2.45) is 5.73 Å². The quantitative estimate of drug-likeness (QED) is 0.824. The third-order valence-electron chi connectivity index (χ3n) is 2.35. The lowest BCUT2D eigenvalue weighted by Crippen LogP contribution is -2.11. The van der Waals surface area contributed by atoms with E-state index in [2.05, 4.69) is 10.1 Å². The molecule has 6 heteroatoms. The van der Waals surface area contributed by atoms with Gasteiger partial charge in [0, 0.05) is 12.1 Å². The molecule has 2 rings (SSSR count). The number of aromatic nitrogens is 2. The molecule has 0 aliphatic rings. The summed E-state index contributed by atoms with van der Waals surface area (Å²) in [5.41, 5.74) is 6.08. The van der Waals surface area contributed by atoms with E-state index in [0.717, 1.165) is 11.3 Å². The lowest BCUT2D eigenvalue weighted by molar-refractivity contribution is 0.141. The standard InChI is InChI=1S/C12H15N3O3/c1-2-17-9-5-3-4-8(6-9)11-14-12(18-15-11)10(16)7-13/h3-6,10,16H,2,7,13H2,1H3. The van der Waals surface area contributed by atoms with E-state index in [0.29, 0.717) is 12.4 Å². The predicted octanol–water partition coefficient (Wildman–Crippen LogP) is 1.13. The number of ether oxygens (including phenoxy) is 1. The first-order valence-corrected chi connectivity index (χ1v) is 5.69. The van der Waals surface area contributed by atoms with Gasteiger partial charge in [-0.3, -0.25) is 0 Å². The van der Waals surface area contributed by atoms with Crippen LogP contribution < -0.4 is 10.5 Å². The van der Waals surface area contributed by atoms with Gasteiger partial charge in [-0.05, 0) is 19.1 Å². The molecule has 1 unspecified atom stereocenters. The van der Waals surface area contributed by atoms with E-state index in [1.54, 1.807) is 0 Å². The van der Waals surface area contributed by atoms with Crippen molar-refractivity contribution in [3.05, 3.63) is 30.2 Å². The van der Waals surface area contributed by atoms with Crippen LogP contribution in [0.5, 0.6) is 5.75 Å². The Morgan fingerprint density at radius 3 is 3.06 bits per heavy atom. The maximum absolute atomic E-state index is 9.48. The van der Waals surface area contributed by atoms with Gasteiger partial charge >= 0.3 is 0 Å². The van der Waals surface area contributed by atoms with Crippen molar-refractivity contribution in [2.75, 3.05) is 13.2 Å². The van der Waals surface area contributed by atoms with Gasteiger partial charge in [0.15, 0.2) is 0 Å². The Labute approximate surface area is 104 Å². The third kappa shape index (κ3) is 2.66. The zero-order valence-corrected chi connectivity index (χ0v) is 10.0. The van der Waals surface area contributed by atoms with Gasteiger partial charge in [-0.2, -0.15) is 4.98 Å². The molecule has 3 N–H and O–H groups in total. The van der Waals surface area contributed by atoms with Gasteiger partial charge < -0.3 is 20.1 Å². The predicted molar refractivity (Wildman–Crippen MR) is 64.9 cm³/mol. The maximum atomic E-state index is 9.48. The summed E-state index contributed by atoms with van der Waals surface area (Å²) in [6.45, 7) is 2.55. The molecule has 18 heavy (non-hydrogen) atoms. The first-order valence-electron chi connectivity index (χ1n) is 5.69. The van der Waals surface area contributed by atoms with E-state index >= 15 is 0 Å². The fraction of sp³-hybridized carbons (Fsp3) is 0.333. The number of rotatable bonds is 5. The van der Waals surface area contributed by atoms with Crippen LogP contribution in [-0.2, 0) is 0 Å². The Morgan fingerprint density at radius 1 is 1.50 bits per heavy atom. The van der Waals surface area contributed by atoms with Crippen molar-refractivity contribution < 1.29 is 14.4 Å². The molecule has 0 fully saturated rings. The number of aliphatic hydroxyl groups is 1. The number of nitrogens with two attached hydrogens (primary N) is 1. The molecule has 0 amide bonds. The maximum Gasteiger partial charge on any atom is 0.257 e. The van der Waals surface area contributed by atoms with Crippen molar-refractivity contribution >= 4 is 0 Å². The summed E-state index contributed by atoms with van der Waals surface area (Å²) in [5.74, 6) is 1.26. The Bertz CT molecular complexity index is 513. The lowest BCUT2D eigenvalue weighted by Gasteiger charge is -2.03. The highest BCUT2D eigenvalue weighted by molar-refractivity contribution is 5.56. The summed E-state index contributed by atoms with van der Waals surface area (Å²) in [6.07, 6.45) is -0.929. The Morgan fingerprint density at radius 2 is 2.33 bits per heavy atom. The van der Waals surface area contributed by atoms with Crippen LogP contribution >= 0.6 is 0 Å². The Hall–Kier alpha value is -1.92. The summed E-state index contributed by atoms with van der Waals surface area (Å²) < 4.78 is 10.3. The first kappa shape index (κ1) is 12.5. The van der Waals surface area contributed by atoms with E-state index in [4.69, 9.17) is 15.0 Å². The molecule has 1 aromatic heterocycles. The number of benzene rings is 1. The van der Waals surface area contributed by atoms with Crippen LogP contribution in [0.15, 0.2) is 28.8 Å². The van der Waals surface area contributed by atoms with Crippen LogP contribution in [0, 0.1) is 0 Å². The smallest absolute Gasteiger partial charge is 0.257 e. The molecule has 6 nitrogen and oxygen atoms in total. The molecule has 96 valence electrons. The van der Waals surface area contributed by atoms with Crippen LogP contribution in [0.3, 0.4) is 0 Å². The highest BCUT2D eigenvalue weighted by Crippen LogP contribution is 2.22.